The molecule has 0 saturated heterocycles. The topological polar surface area (TPSA) is 89.1 Å². The van der Waals surface area contributed by atoms with Gasteiger partial charge >= 0.3 is 5.97 Å². The lowest BCUT2D eigenvalue weighted by atomic mass is 10.2. The minimum atomic E-state index is -0.927. The largest absolute Gasteiger partial charge is 0.481 e. The van der Waals surface area contributed by atoms with Crippen LogP contribution in [0.2, 0.25) is 0 Å². The second-order valence-corrected chi connectivity index (χ2v) is 2.87. The van der Waals surface area contributed by atoms with E-state index in [1.54, 1.807) is 0 Å². The number of hydrogen-bond donors (Lipinski definition) is 2. The number of halogens is 1. The molecule has 3 N–H and O–H groups in total. The van der Waals surface area contributed by atoms with E-state index >= 15 is 0 Å². The lowest BCUT2D eigenvalue weighted by Crippen LogP contribution is -2.04. The Bertz CT molecular complexity index is 316. The molecular weight excluding hydrogens is 226 g/mol. The predicted octanol–water partition coefficient (Wildman–Crippen LogP) is 0.448. The Labute approximate surface area is 76.8 Å². The van der Waals surface area contributed by atoms with Gasteiger partial charge in [-0.2, -0.15) is 0 Å². The summed E-state index contributed by atoms with van der Waals surface area (Å²) < 4.78 is 0.428. The molecule has 0 aliphatic rings. The smallest absolute Gasteiger partial charge is 0.307 e. The fourth-order valence-corrected chi connectivity index (χ4v) is 1.10. The van der Waals surface area contributed by atoms with Gasteiger partial charge in [0.2, 0.25) is 5.95 Å². The molecule has 6 heteroatoms. The highest BCUT2D eigenvalue weighted by Gasteiger charge is 2.06. The van der Waals surface area contributed by atoms with Gasteiger partial charge in [0.25, 0.3) is 0 Å². The number of anilines is 1. The average molecular weight is 232 g/mol. The van der Waals surface area contributed by atoms with Crippen LogP contribution in [0.4, 0.5) is 5.95 Å². The van der Waals surface area contributed by atoms with Crippen molar-refractivity contribution in [2.45, 2.75) is 6.42 Å². The van der Waals surface area contributed by atoms with Crippen LogP contribution in [0.1, 0.15) is 5.56 Å². The monoisotopic (exact) mass is 231 g/mol. The third-order valence-electron chi connectivity index (χ3n) is 1.17. The molecule has 1 heterocycles. The van der Waals surface area contributed by atoms with Crippen LogP contribution in [0.15, 0.2) is 10.8 Å². The molecule has 0 atom stereocenters. The van der Waals surface area contributed by atoms with Gasteiger partial charge in [-0.1, -0.05) is 0 Å². The lowest BCUT2D eigenvalue weighted by molar-refractivity contribution is -0.136. The molecule has 0 aromatic carbocycles. The fourth-order valence-electron chi connectivity index (χ4n) is 0.680. The molecule has 12 heavy (non-hydrogen) atoms. The van der Waals surface area contributed by atoms with E-state index in [0.29, 0.717) is 10.2 Å². The summed E-state index contributed by atoms with van der Waals surface area (Å²) in [7, 11) is 0. The number of aromatic nitrogens is 2. The average Bonchev–Trinajstić information content (AvgIpc) is 1.94. The highest BCUT2D eigenvalue weighted by atomic mass is 79.9. The van der Waals surface area contributed by atoms with Crippen molar-refractivity contribution in [3.63, 3.8) is 0 Å². The van der Waals surface area contributed by atoms with E-state index in [9.17, 15) is 4.79 Å². The van der Waals surface area contributed by atoms with Crippen molar-refractivity contribution in [2.24, 2.45) is 0 Å². The summed E-state index contributed by atoms with van der Waals surface area (Å²) in [6, 6.07) is 0. The first-order valence-corrected chi connectivity index (χ1v) is 3.87. The van der Waals surface area contributed by atoms with Crippen LogP contribution in [-0.4, -0.2) is 21.0 Å². The first kappa shape index (κ1) is 8.92. The maximum absolute atomic E-state index is 10.3. The number of nitrogens with zero attached hydrogens (tertiary/aromatic N) is 2. The number of carboxylic acid groups (broad SMARTS) is 1. The van der Waals surface area contributed by atoms with E-state index in [0.717, 1.165) is 0 Å². The van der Waals surface area contributed by atoms with Gasteiger partial charge in [0, 0.05) is 11.8 Å². The summed E-state index contributed by atoms with van der Waals surface area (Å²) in [5, 5.41) is 8.45. The van der Waals surface area contributed by atoms with E-state index in [4.69, 9.17) is 10.8 Å². The van der Waals surface area contributed by atoms with E-state index in [1.165, 1.54) is 6.20 Å². The zero-order valence-corrected chi connectivity index (χ0v) is 7.58. The summed E-state index contributed by atoms with van der Waals surface area (Å²) in [6.07, 6.45) is 1.28. The summed E-state index contributed by atoms with van der Waals surface area (Å²) in [6.45, 7) is 0. The highest BCUT2D eigenvalue weighted by Crippen LogP contribution is 2.13. The van der Waals surface area contributed by atoms with E-state index in [2.05, 4.69) is 25.9 Å². The van der Waals surface area contributed by atoms with Crippen LogP contribution in [0.25, 0.3) is 0 Å². The molecule has 1 rings (SSSR count). The molecule has 5 nitrogen and oxygen atoms in total. The number of aliphatic carboxylic acids is 1. The molecule has 1 aromatic heterocycles. The van der Waals surface area contributed by atoms with Gasteiger partial charge in [-0.15, -0.1) is 0 Å². The maximum Gasteiger partial charge on any atom is 0.307 e. The van der Waals surface area contributed by atoms with Gasteiger partial charge in [0.05, 0.1) is 6.42 Å². The molecule has 0 fully saturated rings. The van der Waals surface area contributed by atoms with Crippen LogP contribution in [0, 0.1) is 0 Å². The third-order valence-corrected chi connectivity index (χ3v) is 1.86. The Morgan fingerprint density at radius 1 is 1.75 bits per heavy atom. The number of hydrogen-bond acceptors (Lipinski definition) is 4. The van der Waals surface area contributed by atoms with Crippen molar-refractivity contribution in [3.05, 3.63) is 16.4 Å². The van der Waals surface area contributed by atoms with Crippen molar-refractivity contribution >= 4 is 27.8 Å². The number of rotatable bonds is 2. The highest BCUT2D eigenvalue weighted by molar-refractivity contribution is 9.10. The number of carboxylic acids is 1. The molecule has 0 aliphatic heterocycles. The third kappa shape index (κ3) is 2.16. The second kappa shape index (κ2) is 3.48. The van der Waals surface area contributed by atoms with E-state index in [1.807, 2.05) is 0 Å². The number of nitrogen functional groups attached to an aromatic ring is 1. The zero-order valence-electron chi connectivity index (χ0n) is 5.99. The van der Waals surface area contributed by atoms with Crippen molar-refractivity contribution < 1.29 is 9.90 Å². The summed E-state index contributed by atoms with van der Waals surface area (Å²) in [5.74, 6) is -0.805. The van der Waals surface area contributed by atoms with Gasteiger partial charge in [-0.3, -0.25) is 4.79 Å². The SMILES string of the molecule is Nc1ncc(CC(=O)O)c(Br)n1. The quantitative estimate of drug-likeness (QED) is 0.722. The van der Waals surface area contributed by atoms with Crippen molar-refractivity contribution in [2.75, 3.05) is 5.73 Å². The zero-order chi connectivity index (χ0) is 9.14. The van der Waals surface area contributed by atoms with Crippen LogP contribution in [0.3, 0.4) is 0 Å². The summed E-state index contributed by atoms with van der Waals surface area (Å²) in [4.78, 5) is 17.7. The van der Waals surface area contributed by atoms with Gasteiger partial charge in [-0.25, -0.2) is 9.97 Å². The Hall–Kier alpha value is -1.17. The molecule has 0 amide bonds. The molecule has 0 saturated carbocycles. The maximum atomic E-state index is 10.3. The Balaban J connectivity index is 2.93. The Morgan fingerprint density at radius 2 is 2.42 bits per heavy atom. The first-order chi connectivity index (χ1) is 5.59. The van der Waals surface area contributed by atoms with Crippen molar-refractivity contribution in [3.8, 4) is 0 Å². The standard InChI is InChI=1S/C6H6BrN3O2/c7-5-3(1-4(11)12)2-9-6(8)10-5/h2H,1H2,(H,11,12)(H2,8,9,10). The van der Waals surface area contributed by atoms with Gasteiger partial charge in [0.1, 0.15) is 4.60 Å². The van der Waals surface area contributed by atoms with Crippen molar-refractivity contribution in [1.82, 2.24) is 9.97 Å². The van der Waals surface area contributed by atoms with E-state index < -0.39 is 5.97 Å². The molecule has 0 aliphatic carbocycles. The molecule has 0 bridgehead atoms. The molecule has 0 radical (unpaired) electrons. The van der Waals surface area contributed by atoms with Crippen LogP contribution >= 0.6 is 15.9 Å². The Kier molecular flexibility index (Phi) is 2.59. The lowest BCUT2D eigenvalue weighted by Gasteiger charge is -1.99. The van der Waals surface area contributed by atoms with Gasteiger partial charge in [-0.05, 0) is 15.9 Å². The minimum absolute atomic E-state index is 0.110. The predicted molar refractivity (Wildman–Crippen MR) is 45.5 cm³/mol. The van der Waals surface area contributed by atoms with Crippen molar-refractivity contribution in [1.29, 1.82) is 0 Å². The fraction of sp³-hybridized carbons (Fsp3) is 0.167. The summed E-state index contributed by atoms with van der Waals surface area (Å²) in [5.41, 5.74) is 5.77. The summed E-state index contributed by atoms with van der Waals surface area (Å²) >= 11 is 3.08. The van der Waals surface area contributed by atoms with E-state index in [-0.39, 0.29) is 12.4 Å². The molecule has 1 aromatic rings. The number of carbonyl (C=O) groups is 1. The van der Waals surface area contributed by atoms with Crippen LogP contribution in [0.5, 0.6) is 0 Å². The van der Waals surface area contributed by atoms with Gasteiger partial charge < -0.3 is 10.8 Å². The van der Waals surface area contributed by atoms with Crippen LogP contribution < -0.4 is 5.73 Å². The Morgan fingerprint density at radius 3 is 2.92 bits per heavy atom. The molecule has 0 unspecified atom stereocenters. The normalized spacial score (nSPS) is 9.75. The second-order valence-electron chi connectivity index (χ2n) is 2.11. The molecule has 0 spiro atoms. The van der Waals surface area contributed by atoms with Gasteiger partial charge in [0.15, 0.2) is 0 Å². The molecule has 64 valence electrons. The minimum Gasteiger partial charge on any atom is -0.481 e. The molecular formula is C6H6BrN3O2. The van der Waals surface area contributed by atoms with Crippen LogP contribution in [-0.2, 0) is 11.2 Å². The first-order valence-electron chi connectivity index (χ1n) is 3.08. The number of nitrogens with two attached hydrogens (primary N) is 1.